The second-order valence-corrected chi connectivity index (χ2v) is 8.14. The Kier molecular flexibility index (Phi) is 8.25. The fourth-order valence-electron chi connectivity index (χ4n) is 3.58. The molecule has 0 spiro atoms. The summed E-state index contributed by atoms with van der Waals surface area (Å²) in [5, 5.41) is 5.83. The monoisotopic (exact) mass is 419 g/mol. The van der Waals surface area contributed by atoms with E-state index in [2.05, 4.69) is 15.5 Å². The summed E-state index contributed by atoms with van der Waals surface area (Å²) in [5.41, 5.74) is 0. The molecule has 1 saturated heterocycles. The third-order valence-corrected chi connectivity index (χ3v) is 5.79. The van der Waals surface area contributed by atoms with E-state index < -0.39 is 6.04 Å². The Morgan fingerprint density at radius 1 is 1.14 bits per heavy atom. The molecule has 1 aliphatic heterocycles. The van der Waals surface area contributed by atoms with Crippen molar-refractivity contribution in [2.75, 3.05) is 31.6 Å². The van der Waals surface area contributed by atoms with E-state index in [0.717, 1.165) is 37.4 Å². The highest BCUT2D eigenvalue weighted by Gasteiger charge is 2.27. The van der Waals surface area contributed by atoms with E-state index in [4.69, 9.17) is 8.83 Å². The molecule has 2 N–H and O–H groups in total. The molecule has 3 rings (SSSR count). The highest BCUT2D eigenvalue weighted by Crippen LogP contribution is 2.24. The number of carbonyl (C=O) groups excluding carboxylic acids is 2. The first kappa shape index (κ1) is 21.5. The Morgan fingerprint density at radius 2 is 1.90 bits per heavy atom. The van der Waals surface area contributed by atoms with Crippen LogP contribution in [0.25, 0.3) is 0 Å². The van der Waals surface area contributed by atoms with E-state index in [1.165, 1.54) is 12.7 Å². The largest absolute Gasteiger partial charge is 0.468 e. The lowest BCUT2D eigenvalue weighted by atomic mass is 10.1. The topological polar surface area (TPSA) is 87.7 Å². The SMILES string of the molecule is CSCC[C@H](NC(=O)c1ccco1)C(=O)NC[C@@H](c1ccco1)N1CCCCC1. The van der Waals surface area contributed by atoms with E-state index in [-0.39, 0.29) is 23.6 Å². The zero-order chi connectivity index (χ0) is 20.5. The van der Waals surface area contributed by atoms with Gasteiger partial charge in [-0.05, 0) is 68.6 Å². The quantitative estimate of drug-likeness (QED) is 0.615. The average Bonchev–Trinajstić information content (AvgIpc) is 3.46. The number of rotatable bonds is 10. The number of hydrogen-bond donors (Lipinski definition) is 2. The molecule has 158 valence electrons. The van der Waals surface area contributed by atoms with Crippen molar-refractivity contribution in [1.29, 1.82) is 0 Å². The summed E-state index contributed by atoms with van der Waals surface area (Å²) in [6.45, 7) is 2.43. The van der Waals surface area contributed by atoms with Crippen LogP contribution >= 0.6 is 11.8 Å². The van der Waals surface area contributed by atoms with Gasteiger partial charge in [-0.2, -0.15) is 11.8 Å². The number of carbonyl (C=O) groups is 2. The molecule has 0 saturated carbocycles. The first-order chi connectivity index (χ1) is 14.2. The van der Waals surface area contributed by atoms with Gasteiger partial charge >= 0.3 is 0 Å². The van der Waals surface area contributed by atoms with Gasteiger partial charge in [0.15, 0.2) is 5.76 Å². The van der Waals surface area contributed by atoms with Gasteiger partial charge in [-0.15, -0.1) is 0 Å². The van der Waals surface area contributed by atoms with Crippen LogP contribution in [0.15, 0.2) is 45.6 Å². The molecule has 2 amide bonds. The van der Waals surface area contributed by atoms with Crippen molar-refractivity contribution in [2.45, 2.75) is 37.8 Å². The fourth-order valence-corrected chi connectivity index (χ4v) is 4.05. The molecule has 2 atom stereocenters. The summed E-state index contributed by atoms with van der Waals surface area (Å²) >= 11 is 1.64. The fraction of sp³-hybridized carbons (Fsp3) is 0.524. The first-order valence-corrected chi connectivity index (χ1v) is 11.5. The van der Waals surface area contributed by atoms with Crippen LogP contribution in [0, 0.1) is 0 Å². The third-order valence-electron chi connectivity index (χ3n) is 5.15. The van der Waals surface area contributed by atoms with Crippen LogP contribution in [-0.2, 0) is 4.79 Å². The Morgan fingerprint density at radius 3 is 2.55 bits per heavy atom. The minimum Gasteiger partial charge on any atom is -0.468 e. The molecule has 29 heavy (non-hydrogen) atoms. The molecule has 7 nitrogen and oxygen atoms in total. The molecule has 1 fully saturated rings. The zero-order valence-corrected chi connectivity index (χ0v) is 17.6. The molecular formula is C21H29N3O4S. The molecule has 1 aliphatic rings. The van der Waals surface area contributed by atoms with E-state index in [0.29, 0.717) is 13.0 Å². The summed E-state index contributed by atoms with van der Waals surface area (Å²) < 4.78 is 10.8. The van der Waals surface area contributed by atoms with E-state index in [9.17, 15) is 9.59 Å². The van der Waals surface area contributed by atoms with Crippen molar-refractivity contribution in [3.8, 4) is 0 Å². The number of hydrogen-bond acceptors (Lipinski definition) is 6. The van der Waals surface area contributed by atoms with Crippen LogP contribution in [-0.4, -0.2) is 54.4 Å². The average molecular weight is 420 g/mol. The number of likely N-dealkylation sites (tertiary alicyclic amines) is 1. The molecule has 0 aliphatic carbocycles. The lowest BCUT2D eigenvalue weighted by Gasteiger charge is -2.33. The highest BCUT2D eigenvalue weighted by molar-refractivity contribution is 7.98. The summed E-state index contributed by atoms with van der Waals surface area (Å²) in [6, 6.07) is 6.45. The second kappa shape index (κ2) is 11.1. The van der Waals surface area contributed by atoms with Crippen LogP contribution in [0.3, 0.4) is 0 Å². The van der Waals surface area contributed by atoms with Crippen LogP contribution in [0.4, 0.5) is 0 Å². The second-order valence-electron chi connectivity index (χ2n) is 7.16. The lowest BCUT2D eigenvalue weighted by Crippen LogP contribution is -2.49. The van der Waals surface area contributed by atoms with Gasteiger partial charge in [0, 0.05) is 6.54 Å². The van der Waals surface area contributed by atoms with Crippen molar-refractivity contribution in [3.05, 3.63) is 48.3 Å². The van der Waals surface area contributed by atoms with Gasteiger partial charge in [0.05, 0.1) is 18.6 Å². The van der Waals surface area contributed by atoms with Crippen LogP contribution < -0.4 is 10.6 Å². The maximum atomic E-state index is 12.9. The summed E-state index contributed by atoms with van der Waals surface area (Å²) in [6.07, 6.45) is 9.18. The minimum absolute atomic E-state index is 0.00349. The standard InChI is InChI=1S/C21H29N3O4S/c1-29-14-9-16(23-21(26)19-8-6-13-28-19)20(25)22-15-17(18-7-5-12-27-18)24-10-3-2-4-11-24/h5-8,12-13,16-17H,2-4,9-11,14-15H2,1H3,(H,22,25)(H,23,26)/t16-,17-/m0/s1. The Balaban J connectivity index is 1.62. The Bertz CT molecular complexity index is 742. The number of amides is 2. The van der Waals surface area contributed by atoms with E-state index >= 15 is 0 Å². The first-order valence-electron chi connectivity index (χ1n) is 10.1. The molecular weight excluding hydrogens is 390 g/mol. The minimum atomic E-state index is -0.612. The van der Waals surface area contributed by atoms with Gasteiger partial charge < -0.3 is 19.5 Å². The molecule has 3 heterocycles. The van der Waals surface area contributed by atoms with Crippen molar-refractivity contribution >= 4 is 23.6 Å². The third kappa shape index (κ3) is 6.14. The normalized spacial score (nSPS) is 16.9. The van der Waals surface area contributed by atoms with Gasteiger partial charge in [0.25, 0.3) is 5.91 Å². The van der Waals surface area contributed by atoms with Crippen molar-refractivity contribution in [3.63, 3.8) is 0 Å². The Hall–Kier alpha value is -2.19. The maximum Gasteiger partial charge on any atom is 0.287 e. The van der Waals surface area contributed by atoms with Crippen LogP contribution in [0.5, 0.6) is 0 Å². The number of furan rings is 2. The van der Waals surface area contributed by atoms with E-state index in [1.807, 2.05) is 18.4 Å². The smallest absolute Gasteiger partial charge is 0.287 e. The predicted octanol–water partition coefficient (Wildman–Crippen LogP) is 3.07. The van der Waals surface area contributed by atoms with Gasteiger partial charge in [0.2, 0.25) is 5.91 Å². The summed E-state index contributed by atoms with van der Waals surface area (Å²) in [5.74, 6) is 1.26. The van der Waals surface area contributed by atoms with E-state index in [1.54, 1.807) is 30.2 Å². The van der Waals surface area contributed by atoms with Crippen LogP contribution in [0.1, 0.15) is 48.0 Å². The van der Waals surface area contributed by atoms with Gasteiger partial charge in [-0.1, -0.05) is 6.42 Å². The molecule has 2 aromatic rings. The van der Waals surface area contributed by atoms with Crippen molar-refractivity contribution < 1.29 is 18.4 Å². The number of nitrogens with zero attached hydrogens (tertiary/aromatic N) is 1. The van der Waals surface area contributed by atoms with Gasteiger partial charge in [0.1, 0.15) is 11.8 Å². The maximum absolute atomic E-state index is 12.9. The molecule has 0 aromatic carbocycles. The highest BCUT2D eigenvalue weighted by atomic mass is 32.2. The lowest BCUT2D eigenvalue weighted by molar-refractivity contribution is -0.123. The summed E-state index contributed by atoms with van der Waals surface area (Å²) in [4.78, 5) is 27.6. The van der Waals surface area contributed by atoms with Crippen molar-refractivity contribution in [1.82, 2.24) is 15.5 Å². The zero-order valence-electron chi connectivity index (χ0n) is 16.8. The molecule has 0 bridgehead atoms. The number of nitrogens with one attached hydrogen (secondary N) is 2. The number of thioether (sulfide) groups is 1. The molecule has 0 radical (unpaired) electrons. The predicted molar refractivity (Wildman–Crippen MR) is 113 cm³/mol. The Labute approximate surface area is 175 Å². The van der Waals surface area contributed by atoms with Gasteiger partial charge in [-0.3, -0.25) is 14.5 Å². The molecule has 2 aromatic heterocycles. The van der Waals surface area contributed by atoms with Crippen molar-refractivity contribution in [2.24, 2.45) is 0 Å². The molecule has 8 heteroatoms. The molecule has 0 unspecified atom stereocenters. The number of piperidine rings is 1. The van der Waals surface area contributed by atoms with Gasteiger partial charge in [-0.25, -0.2) is 0 Å². The summed E-state index contributed by atoms with van der Waals surface area (Å²) in [7, 11) is 0. The van der Waals surface area contributed by atoms with Crippen LogP contribution in [0.2, 0.25) is 0 Å².